The lowest BCUT2D eigenvalue weighted by Gasteiger charge is -2.35. The zero-order chi connectivity index (χ0) is 19.9. The number of para-hydroxylation sites is 2. The largest absolute Gasteiger partial charge is 0.490 e. The van der Waals surface area contributed by atoms with Gasteiger partial charge in [0, 0.05) is 38.9 Å². The second-order valence-electron chi connectivity index (χ2n) is 7.66. The van der Waals surface area contributed by atoms with Gasteiger partial charge in [-0.1, -0.05) is 18.6 Å². The third kappa shape index (κ3) is 5.07. The van der Waals surface area contributed by atoms with E-state index in [1.807, 2.05) is 30.3 Å². The Bertz CT molecular complexity index is 831. The van der Waals surface area contributed by atoms with Gasteiger partial charge in [0.2, 0.25) is 5.88 Å². The highest BCUT2D eigenvalue weighted by Gasteiger charge is 2.23. The van der Waals surface area contributed by atoms with Gasteiger partial charge in [-0.25, -0.2) is 4.98 Å². The zero-order valence-electron chi connectivity index (χ0n) is 17.2. The van der Waals surface area contributed by atoms with Crippen LogP contribution in [0, 0.1) is 0 Å². The van der Waals surface area contributed by atoms with Crippen LogP contribution in [0.1, 0.15) is 31.2 Å². The standard InChI is InChI=1S/C23H30N4O2/c1-26-14-16-27(17-15-26)22-19-9-8-13-25-23(19)29-21-11-5-4-10-20(21)28-18-7-3-2-6-12-24-22/h4-5,8-11,13H,2-3,6-7,12,14-18H2,1H3. The predicted octanol–water partition coefficient (Wildman–Crippen LogP) is 3.82. The Hall–Kier alpha value is -2.60. The molecule has 1 aromatic heterocycles. The second-order valence-corrected chi connectivity index (χ2v) is 7.66. The summed E-state index contributed by atoms with van der Waals surface area (Å²) >= 11 is 0. The third-order valence-electron chi connectivity index (χ3n) is 5.44. The number of aromatic nitrogens is 1. The number of amidine groups is 1. The number of pyridine rings is 1. The minimum Gasteiger partial charge on any atom is -0.490 e. The minimum atomic E-state index is 0.582. The van der Waals surface area contributed by atoms with Gasteiger partial charge in [-0.3, -0.25) is 4.99 Å². The number of benzene rings is 1. The van der Waals surface area contributed by atoms with E-state index in [1.54, 1.807) is 6.20 Å². The van der Waals surface area contributed by atoms with Crippen LogP contribution < -0.4 is 9.47 Å². The Morgan fingerprint density at radius 3 is 2.52 bits per heavy atom. The Kier molecular flexibility index (Phi) is 6.62. The molecule has 1 fully saturated rings. The Morgan fingerprint density at radius 2 is 1.66 bits per heavy atom. The lowest BCUT2D eigenvalue weighted by atomic mass is 10.1. The van der Waals surface area contributed by atoms with Crippen LogP contribution in [0.25, 0.3) is 0 Å². The first kappa shape index (κ1) is 19.7. The summed E-state index contributed by atoms with van der Waals surface area (Å²) in [7, 11) is 2.17. The van der Waals surface area contributed by atoms with Gasteiger partial charge in [0.25, 0.3) is 0 Å². The molecule has 6 heteroatoms. The molecule has 0 saturated carbocycles. The predicted molar refractivity (Wildman–Crippen MR) is 115 cm³/mol. The molecule has 2 aliphatic rings. The number of fused-ring (bicyclic) bond motifs is 2. The van der Waals surface area contributed by atoms with Crippen molar-refractivity contribution in [1.82, 2.24) is 14.8 Å². The van der Waals surface area contributed by atoms with E-state index >= 15 is 0 Å². The number of hydrogen-bond donors (Lipinski definition) is 0. The normalized spacial score (nSPS) is 19.1. The van der Waals surface area contributed by atoms with Gasteiger partial charge in [0.1, 0.15) is 5.84 Å². The lowest BCUT2D eigenvalue weighted by molar-refractivity contribution is 0.215. The van der Waals surface area contributed by atoms with Crippen molar-refractivity contribution in [2.45, 2.75) is 25.7 Å². The van der Waals surface area contributed by atoms with E-state index in [0.29, 0.717) is 18.2 Å². The highest BCUT2D eigenvalue weighted by atomic mass is 16.5. The molecule has 4 rings (SSSR count). The van der Waals surface area contributed by atoms with E-state index in [-0.39, 0.29) is 0 Å². The smallest absolute Gasteiger partial charge is 0.230 e. The summed E-state index contributed by atoms with van der Waals surface area (Å²) < 4.78 is 12.3. The van der Waals surface area contributed by atoms with E-state index in [9.17, 15) is 0 Å². The monoisotopic (exact) mass is 394 g/mol. The number of aliphatic imine (C=N–C) groups is 1. The van der Waals surface area contributed by atoms with Gasteiger partial charge in [-0.15, -0.1) is 0 Å². The van der Waals surface area contributed by atoms with E-state index < -0.39 is 0 Å². The molecule has 1 aromatic carbocycles. The lowest BCUT2D eigenvalue weighted by Crippen LogP contribution is -2.47. The first-order chi connectivity index (χ1) is 14.3. The van der Waals surface area contributed by atoms with Gasteiger partial charge in [-0.05, 0) is 50.6 Å². The SMILES string of the molecule is CN1CCN(C2=NCCCCCCOc3ccccc3Oc3ncccc32)CC1. The molecule has 29 heavy (non-hydrogen) atoms. The topological polar surface area (TPSA) is 50.2 Å². The third-order valence-corrected chi connectivity index (χ3v) is 5.44. The number of ether oxygens (including phenoxy) is 2. The van der Waals surface area contributed by atoms with Gasteiger partial charge < -0.3 is 19.3 Å². The van der Waals surface area contributed by atoms with Crippen LogP contribution in [-0.4, -0.2) is 67.0 Å². The summed E-state index contributed by atoms with van der Waals surface area (Å²) in [6.07, 6.45) is 6.22. The summed E-state index contributed by atoms with van der Waals surface area (Å²) in [5, 5.41) is 0. The van der Waals surface area contributed by atoms with Gasteiger partial charge >= 0.3 is 0 Å². The molecule has 0 radical (unpaired) electrons. The van der Waals surface area contributed by atoms with E-state index in [1.165, 1.54) is 6.42 Å². The molecule has 0 N–H and O–H groups in total. The second kappa shape index (κ2) is 9.74. The number of rotatable bonds is 0. The molecule has 0 aliphatic carbocycles. The molecule has 0 bridgehead atoms. The summed E-state index contributed by atoms with van der Waals surface area (Å²) in [6.45, 7) is 5.52. The fraction of sp³-hybridized carbons (Fsp3) is 0.478. The molecule has 2 aliphatic heterocycles. The summed E-state index contributed by atoms with van der Waals surface area (Å²) in [5.74, 6) is 3.04. The minimum absolute atomic E-state index is 0.582. The van der Waals surface area contributed by atoms with Gasteiger partial charge in [-0.2, -0.15) is 0 Å². The van der Waals surface area contributed by atoms with Crippen molar-refractivity contribution in [2.75, 3.05) is 46.4 Å². The first-order valence-corrected chi connectivity index (χ1v) is 10.6. The maximum atomic E-state index is 6.27. The maximum absolute atomic E-state index is 6.27. The highest BCUT2D eigenvalue weighted by molar-refractivity contribution is 6.00. The molecule has 0 unspecified atom stereocenters. The Morgan fingerprint density at radius 1 is 0.862 bits per heavy atom. The number of hydrogen-bond acceptors (Lipinski definition) is 6. The van der Waals surface area contributed by atoms with Crippen molar-refractivity contribution >= 4 is 5.84 Å². The van der Waals surface area contributed by atoms with Crippen molar-refractivity contribution in [2.24, 2.45) is 4.99 Å². The molecular formula is C23H30N4O2. The molecule has 0 amide bonds. The molecular weight excluding hydrogens is 364 g/mol. The number of likely N-dealkylation sites (N-methyl/N-ethyl adjacent to an activating group) is 1. The molecule has 0 atom stereocenters. The van der Waals surface area contributed by atoms with Gasteiger partial charge in [0.15, 0.2) is 11.5 Å². The fourth-order valence-electron chi connectivity index (χ4n) is 3.71. The van der Waals surface area contributed by atoms with Crippen molar-refractivity contribution in [3.8, 4) is 17.4 Å². The quantitative estimate of drug-likeness (QED) is 0.680. The molecule has 1 saturated heterocycles. The van der Waals surface area contributed by atoms with Crippen molar-refractivity contribution < 1.29 is 9.47 Å². The molecule has 154 valence electrons. The molecule has 0 spiro atoms. The van der Waals surface area contributed by atoms with Crippen LogP contribution in [-0.2, 0) is 0 Å². The van der Waals surface area contributed by atoms with E-state index in [0.717, 1.165) is 69.1 Å². The zero-order valence-corrected chi connectivity index (χ0v) is 17.2. The van der Waals surface area contributed by atoms with Crippen LogP contribution in [0.5, 0.6) is 17.4 Å². The van der Waals surface area contributed by atoms with Crippen LogP contribution in [0.15, 0.2) is 47.6 Å². The Balaban J connectivity index is 1.70. The summed E-state index contributed by atoms with van der Waals surface area (Å²) in [4.78, 5) is 14.3. The summed E-state index contributed by atoms with van der Waals surface area (Å²) in [6, 6.07) is 11.9. The van der Waals surface area contributed by atoms with Crippen molar-refractivity contribution in [1.29, 1.82) is 0 Å². The van der Waals surface area contributed by atoms with Crippen LogP contribution in [0.3, 0.4) is 0 Å². The van der Waals surface area contributed by atoms with Crippen LogP contribution in [0.2, 0.25) is 0 Å². The molecule has 2 aromatic rings. The van der Waals surface area contributed by atoms with Crippen LogP contribution >= 0.6 is 0 Å². The van der Waals surface area contributed by atoms with Crippen molar-refractivity contribution in [3.05, 3.63) is 48.2 Å². The maximum Gasteiger partial charge on any atom is 0.230 e. The summed E-state index contributed by atoms with van der Waals surface area (Å²) in [5.41, 5.74) is 0.948. The number of nitrogens with zero attached hydrogens (tertiary/aromatic N) is 4. The highest BCUT2D eigenvalue weighted by Crippen LogP contribution is 2.32. The fourth-order valence-corrected chi connectivity index (χ4v) is 3.71. The molecule has 3 heterocycles. The number of piperazine rings is 1. The first-order valence-electron chi connectivity index (χ1n) is 10.6. The van der Waals surface area contributed by atoms with Gasteiger partial charge in [0.05, 0.1) is 12.2 Å². The average molecular weight is 395 g/mol. The van der Waals surface area contributed by atoms with E-state index in [4.69, 9.17) is 14.5 Å². The van der Waals surface area contributed by atoms with Crippen molar-refractivity contribution in [3.63, 3.8) is 0 Å². The van der Waals surface area contributed by atoms with Crippen LogP contribution in [0.4, 0.5) is 0 Å². The Labute approximate surface area is 173 Å². The van der Waals surface area contributed by atoms with E-state index in [2.05, 4.69) is 27.9 Å². The average Bonchev–Trinajstić information content (AvgIpc) is 2.75. The molecule has 6 nitrogen and oxygen atoms in total.